The Hall–Kier alpha value is -2.09. The Kier molecular flexibility index (Phi) is 4.46. The minimum Gasteiger partial charge on any atom is -0.478 e. The average molecular weight is 233 g/mol. The molecule has 90 valence electrons. The molecular formula is C12H15N3O2. The lowest BCUT2D eigenvalue weighted by atomic mass is 10.1. The Labute approximate surface area is 100 Å². The summed E-state index contributed by atoms with van der Waals surface area (Å²) >= 11 is 0. The highest BCUT2D eigenvalue weighted by molar-refractivity contribution is 5.93. The first-order chi connectivity index (χ1) is 8.10. The highest BCUT2D eigenvalue weighted by atomic mass is 16.4. The molecule has 1 atom stereocenters. The van der Waals surface area contributed by atoms with Crippen molar-refractivity contribution in [3.8, 4) is 6.07 Å². The molecule has 0 aliphatic heterocycles. The van der Waals surface area contributed by atoms with E-state index in [1.165, 1.54) is 6.07 Å². The summed E-state index contributed by atoms with van der Waals surface area (Å²) in [4.78, 5) is 17.0. The molecule has 1 aromatic rings. The van der Waals surface area contributed by atoms with Crippen molar-refractivity contribution in [2.75, 3.05) is 18.0 Å². The van der Waals surface area contributed by atoms with Crippen molar-refractivity contribution in [2.24, 2.45) is 5.92 Å². The lowest BCUT2D eigenvalue weighted by Crippen LogP contribution is -2.30. The third-order valence-corrected chi connectivity index (χ3v) is 2.41. The lowest BCUT2D eigenvalue weighted by molar-refractivity contribution is 0.0697. The number of hydrogen-bond acceptors (Lipinski definition) is 4. The zero-order valence-corrected chi connectivity index (χ0v) is 9.92. The van der Waals surface area contributed by atoms with Crippen molar-refractivity contribution in [1.82, 2.24) is 4.98 Å². The van der Waals surface area contributed by atoms with E-state index in [1.54, 1.807) is 24.1 Å². The van der Waals surface area contributed by atoms with Gasteiger partial charge in [-0.15, -0.1) is 0 Å². The Morgan fingerprint density at radius 3 is 2.94 bits per heavy atom. The van der Waals surface area contributed by atoms with Crippen LogP contribution in [-0.2, 0) is 0 Å². The molecule has 1 rings (SSSR count). The predicted octanol–water partition coefficient (Wildman–Crippen LogP) is 1.77. The van der Waals surface area contributed by atoms with Crippen LogP contribution in [0.5, 0.6) is 0 Å². The zero-order valence-electron chi connectivity index (χ0n) is 9.92. The number of nitrogens with zero attached hydrogens (tertiary/aromatic N) is 3. The van der Waals surface area contributed by atoms with Crippen molar-refractivity contribution < 1.29 is 9.90 Å². The summed E-state index contributed by atoms with van der Waals surface area (Å²) in [5, 5.41) is 17.9. The van der Waals surface area contributed by atoms with Crippen LogP contribution >= 0.6 is 0 Å². The fourth-order valence-corrected chi connectivity index (χ4v) is 1.55. The van der Waals surface area contributed by atoms with Crippen molar-refractivity contribution in [3.05, 3.63) is 23.9 Å². The SMILES string of the molecule is CCN(CC(C)C#N)c1ncccc1C(=O)O. The molecule has 0 saturated heterocycles. The molecule has 17 heavy (non-hydrogen) atoms. The molecule has 0 fully saturated rings. The van der Waals surface area contributed by atoms with Gasteiger partial charge in [0.05, 0.1) is 12.0 Å². The molecule has 0 aliphatic rings. The number of rotatable bonds is 5. The van der Waals surface area contributed by atoms with Crippen molar-refractivity contribution >= 4 is 11.8 Å². The van der Waals surface area contributed by atoms with Crippen LogP contribution in [0.15, 0.2) is 18.3 Å². The van der Waals surface area contributed by atoms with E-state index in [0.717, 1.165) is 0 Å². The predicted molar refractivity (Wildman–Crippen MR) is 63.9 cm³/mol. The van der Waals surface area contributed by atoms with Gasteiger partial charge in [0.1, 0.15) is 11.4 Å². The highest BCUT2D eigenvalue weighted by Crippen LogP contribution is 2.18. The highest BCUT2D eigenvalue weighted by Gasteiger charge is 2.17. The van der Waals surface area contributed by atoms with Gasteiger partial charge in [0.25, 0.3) is 0 Å². The fourth-order valence-electron chi connectivity index (χ4n) is 1.55. The van der Waals surface area contributed by atoms with Gasteiger partial charge in [-0.3, -0.25) is 0 Å². The third kappa shape index (κ3) is 3.18. The number of hydrogen-bond donors (Lipinski definition) is 1. The van der Waals surface area contributed by atoms with Gasteiger partial charge in [-0.05, 0) is 26.0 Å². The summed E-state index contributed by atoms with van der Waals surface area (Å²) in [5.74, 6) is -0.751. The van der Waals surface area contributed by atoms with E-state index in [-0.39, 0.29) is 11.5 Å². The van der Waals surface area contributed by atoms with E-state index in [1.807, 2.05) is 6.92 Å². The maximum absolute atomic E-state index is 11.1. The molecule has 1 aromatic heterocycles. The van der Waals surface area contributed by atoms with E-state index >= 15 is 0 Å². The van der Waals surface area contributed by atoms with Crippen LogP contribution in [0, 0.1) is 17.2 Å². The normalized spacial score (nSPS) is 11.6. The van der Waals surface area contributed by atoms with E-state index in [9.17, 15) is 4.79 Å². The zero-order chi connectivity index (χ0) is 12.8. The summed E-state index contributed by atoms with van der Waals surface area (Å²) in [5.41, 5.74) is 0.166. The number of carboxylic acids is 1. The number of carbonyl (C=O) groups is 1. The van der Waals surface area contributed by atoms with Gasteiger partial charge >= 0.3 is 5.97 Å². The summed E-state index contributed by atoms with van der Waals surface area (Å²) in [6.07, 6.45) is 1.56. The Morgan fingerprint density at radius 1 is 1.71 bits per heavy atom. The largest absolute Gasteiger partial charge is 0.478 e. The summed E-state index contributed by atoms with van der Waals surface area (Å²) in [6, 6.07) is 5.24. The van der Waals surface area contributed by atoms with Crippen molar-refractivity contribution in [2.45, 2.75) is 13.8 Å². The summed E-state index contributed by atoms with van der Waals surface area (Å²) < 4.78 is 0. The first kappa shape index (κ1) is 13.0. The van der Waals surface area contributed by atoms with Gasteiger partial charge in [-0.2, -0.15) is 5.26 Å². The molecule has 1 unspecified atom stereocenters. The molecule has 0 saturated carbocycles. The number of aromatic carboxylic acids is 1. The van der Waals surface area contributed by atoms with Gasteiger partial charge in [0, 0.05) is 19.3 Å². The minimum absolute atomic E-state index is 0.166. The summed E-state index contributed by atoms with van der Waals surface area (Å²) in [6.45, 7) is 4.80. The number of pyridine rings is 1. The van der Waals surface area contributed by atoms with Gasteiger partial charge in [0.15, 0.2) is 0 Å². The molecule has 0 amide bonds. The topological polar surface area (TPSA) is 77.2 Å². The molecule has 5 nitrogen and oxygen atoms in total. The van der Waals surface area contributed by atoms with Crippen LogP contribution in [-0.4, -0.2) is 29.1 Å². The summed E-state index contributed by atoms with van der Waals surface area (Å²) in [7, 11) is 0. The van der Waals surface area contributed by atoms with Crippen LogP contribution < -0.4 is 4.90 Å². The van der Waals surface area contributed by atoms with E-state index < -0.39 is 5.97 Å². The van der Waals surface area contributed by atoms with Crippen LogP contribution in [0.25, 0.3) is 0 Å². The van der Waals surface area contributed by atoms with Crippen LogP contribution in [0.4, 0.5) is 5.82 Å². The van der Waals surface area contributed by atoms with Gasteiger partial charge in [0.2, 0.25) is 0 Å². The average Bonchev–Trinajstić information content (AvgIpc) is 2.35. The first-order valence-electron chi connectivity index (χ1n) is 5.43. The van der Waals surface area contributed by atoms with Crippen molar-refractivity contribution in [3.63, 3.8) is 0 Å². The molecule has 1 heterocycles. The molecule has 0 aliphatic carbocycles. The van der Waals surface area contributed by atoms with E-state index in [4.69, 9.17) is 10.4 Å². The maximum Gasteiger partial charge on any atom is 0.339 e. The second-order valence-corrected chi connectivity index (χ2v) is 3.75. The Morgan fingerprint density at radius 2 is 2.41 bits per heavy atom. The quantitative estimate of drug-likeness (QED) is 0.838. The second kappa shape index (κ2) is 5.85. The number of aromatic nitrogens is 1. The fraction of sp³-hybridized carbons (Fsp3) is 0.417. The van der Waals surface area contributed by atoms with Crippen LogP contribution in [0.3, 0.4) is 0 Å². The number of carboxylic acid groups (broad SMARTS) is 1. The molecule has 5 heteroatoms. The molecule has 0 spiro atoms. The molecule has 1 N–H and O–H groups in total. The van der Waals surface area contributed by atoms with Gasteiger partial charge in [-0.1, -0.05) is 0 Å². The van der Waals surface area contributed by atoms with Gasteiger partial charge in [-0.25, -0.2) is 9.78 Å². The molecule has 0 radical (unpaired) electrons. The first-order valence-corrected chi connectivity index (χ1v) is 5.43. The molecular weight excluding hydrogens is 218 g/mol. The monoisotopic (exact) mass is 233 g/mol. The number of anilines is 1. The minimum atomic E-state index is -1.00. The second-order valence-electron chi connectivity index (χ2n) is 3.75. The Balaban J connectivity index is 3.04. The smallest absolute Gasteiger partial charge is 0.339 e. The van der Waals surface area contributed by atoms with E-state index in [2.05, 4.69) is 11.1 Å². The lowest BCUT2D eigenvalue weighted by Gasteiger charge is -2.24. The molecule has 0 bridgehead atoms. The van der Waals surface area contributed by atoms with Crippen LogP contribution in [0.1, 0.15) is 24.2 Å². The Bertz CT molecular complexity index is 440. The van der Waals surface area contributed by atoms with Gasteiger partial charge < -0.3 is 10.0 Å². The standard InChI is InChI=1S/C12H15N3O2/c1-3-15(8-9(2)7-13)11-10(12(16)17)5-4-6-14-11/h4-6,9H,3,8H2,1-2H3,(H,16,17). The third-order valence-electron chi connectivity index (χ3n) is 2.41. The van der Waals surface area contributed by atoms with E-state index in [0.29, 0.717) is 18.9 Å². The van der Waals surface area contributed by atoms with Crippen LogP contribution in [0.2, 0.25) is 0 Å². The number of nitriles is 1. The maximum atomic E-state index is 11.1. The van der Waals surface area contributed by atoms with Crippen molar-refractivity contribution in [1.29, 1.82) is 5.26 Å². The molecule has 0 aromatic carbocycles.